The summed E-state index contributed by atoms with van der Waals surface area (Å²) in [6, 6.07) is 10.1. The molecule has 3 nitrogen and oxygen atoms in total. The zero-order valence-electron chi connectivity index (χ0n) is 13.2. The molecule has 0 radical (unpaired) electrons. The summed E-state index contributed by atoms with van der Waals surface area (Å²) in [7, 11) is 0. The summed E-state index contributed by atoms with van der Waals surface area (Å²) in [5, 5.41) is 4.30. The first-order valence-electron chi connectivity index (χ1n) is 7.80. The molecule has 3 heteroatoms. The van der Waals surface area contributed by atoms with Crippen molar-refractivity contribution in [1.29, 1.82) is 0 Å². The summed E-state index contributed by atoms with van der Waals surface area (Å²) in [6.07, 6.45) is 6.20. The van der Waals surface area contributed by atoms with Crippen LogP contribution in [-0.2, 0) is 12.0 Å². The van der Waals surface area contributed by atoms with Crippen molar-refractivity contribution < 1.29 is 4.79 Å². The first-order chi connectivity index (χ1) is 10.2. The van der Waals surface area contributed by atoms with E-state index >= 15 is 0 Å². The van der Waals surface area contributed by atoms with Gasteiger partial charge >= 0.3 is 0 Å². The molecular weight excluding hydrogens is 260 g/mol. The Bertz CT molecular complexity index is 582. The lowest BCUT2D eigenvalue weighted by Crippen LogP contribution is -2.34. The molecule has 0 amide bonds. The minimum Gasteiger partial charge on any atom is -0.293 e. The fraction of sp³-hybridized carbons (Fsp3) is 0.444. The van der Waals surface area contributed by atoms with Crippen LogP contribution in [0.15, 0.2) is 42.7 Å². The zero-order valence-corrected chi connectivity index (χ0v) is 13.2. The number of carbonyl (C=O) groups is 1. The van der Waals surface area contributed by atoms with E-state index in [0.717, 1.165) is 36.9 Å². The molecule has 0 atom stereocenters. The van der Waals surface area contributed by atoms with Crippen LogP contribution in [-0.4, -0.2) is 15.6 Å². The summed E-state index contributed by atoms with van der Waals surface area (Å²) in [4.78, 5) is 13.1. The molecule has 0 bridgehead atoms. The standard InChI is InChI=1S/C18H24N2O/c1-4-12-20-14-15(13-19-20)17(21)18(5-2,6-3)16-10-8-7-9-11-16/h7-11,13-14H,4-6,12H2,1-3H3. The highest BCUT2D eigenvalue weighted by molar-refractivity contribution is 6.03. The monoisotopic (exact) mass is 284 g/mol. The van der Waals surface area contributed by atoms with Crippen LogP contribution < -0.4 is 0 Å². The van der Waals surface area contributed by atoms with Gasteiger partial charge in [0.1, 0.15) is 0 Å². The van der Waals surface area contributed by atoms with Crippen LogP contribution in [0.25, 0.3) is 0 Å². The smallest absolute Gasteiger partial charge is 0.176 e. The van der Waals surface area contributed by atoms with Crippen LogP contribution in [0.4, 0.5) is 0 Å². The molecule has 2 aromatic rings. The van der Waals surface area contributed by atoms with Gasteiger partial charge in [0.05, 0.1) is 17.2 Å². The van der Waals surface area contributed by atoms with Gasteiger partial charge in [0.2, 0.25) is 0 Å². The van der Waals surface area contributed by atoms with Crippen LogP contribution in [0.2, 0.25) is 0 Å². The van der Waals surface area contributed by atoms with E-state index < -0.39 is 5.41 Å². The maximum Gasteiger partial charge on any atom is 0.176 e. The van der Waals surface area contributed by atoms with E-state index in [9.17, 15) is 4.79 Å². The van der Waals surface area contributed by atoms with Gasteiger partial charge in [-0.15, -0.1) is 0 Å². The van der Waals surface area contributed by atoms with Gasteiger partial charge in [0.15, 0.2) is 5.78 Å². The van der Waals surface area contributed by atoms with Crippen LogP contribution in [0, 0.1) is 0 Å². The molecule has 0 N–H and O–H groups in total. The molecule has 1 aromatic carbocycles. The normalized spacial score (nSPS) is 11.6. The van der Waals surface area contributed by atoms with Crippen molar-refractivity contribution in [2.24, 2.45) is 0 Å². The molecule has 21 heavy (non-hydrogen) atoms. The van der Waals surface area contributed by atoms with Gasteiger partial charge in [-0.3, -0.25) is 9.48 Å². The molecule has 1 aromatic heterocycles. The molecule has 0 spiro atoms. The van der Waals surface area contributed by atoms with Gasteiger partial charge < -0.3 is 0 Å². The highest BCUT2D eigenvalue weighted by Gasteiger charge is 2.37. The fourth-order valence-corrected chi connectivity index (χ4v) is 2.98. The van der Waals surface area contributed by atoms with Crippen molar-refractivity contribution in [3.63, 3.8) is 0 Å². The molecule has 0 saturated heterocycles. The van der Waals surface area contributed by atoms with Crippen molar-refractivity contribution in [2.75, 3.05) is 0 Å². The Kier molecular flexibility index (Phi) is 4.94. The Morgan fingerprint density at radius 2 is 1.81 bits per heavy atom. The molecule has 2 rings (SSSR count). The molecular formula is C18H24N2O. The lowest BCUT2D eigenvalue weighted by atomic mass is 9.71. The minimum atomic E-state index is -0.443. The summed E-state index contributed by atoms with van der Waals surface area (Å²) >= 11 is 0. The second-order valence-electron chi connectivity index (χ2n) is 5.48. The predicted octanol–water partition coefficient (Wildman–Crippen LogP) is 4.23. The quantitative estimate of drug-likeness (QED) is 0.713. The van der Waals surface area contributed by atoms with Crippen LogP contribution in [0.3, 0.4) is 0 Å². The average molecular weight is 284 g/mol. The Morgan fingerprint density at radius 3 is 2.38 bits per heavy atom. The number of benzene rings is 1. The summed E-state index contributed by atoms with van der Waals surface area (Å²) in [5.41, 5.74) is 1.38. The van der Waals surface area contributed by atoms with Gasteiger partial charge in [-0.2, -0.15) is 5.10 Å². The summed E-state index contributed by atoms with van der Waals surface area (Å²) in [6.45, 7) is 7.13. The maximum atomic E-state index is 13.1. The molecule has 1 heterocycles. The predicted molar refractivity (Wildman–Crippen MR) is 85.6 cm³/mol. The van der Waals surface area contributed by atoms with E-state index in [1.165, 1.54) is 0 Å². The average Bonchev–Trinajstić information content (AvgIpc) is 2.99. The zero-order chi connectivity index (χ0) is 15.3. The van der Waals surface area contributed by atoms with Gasteiger partial charge in [0.25, 0.3) is 0 Å². The SMILES string of the molecule is CCCn1cc(C(=O)C(CC)(CC)c2ccccc2)cn1. The number of rotatable bonds is 7. The molecule has 0 aliphatic carbocycles. The maximum absolute atomic E-state index is 13.1. The highest BCUT2D eigenvalue weighted by atomic mass is 16.1. The number of hydrogen-bond acceptors (Lipinski definition) is 2. The number of aryl methyl sites for hydroxylation is 1. The third kappa shape index (κ3) is 2.92. The lowest BCUT2D eigenvalue weighted by Gasteiger charge is -2.30. The van der Waals surface area contributed by atoms with Crippen LogP contribution in [0.5, 0.6) is 0 Å². The molecule has 0 aliphatic heterocycles. The van der Waals surface area contributed by atoms with Gasteiger partial charge in [0, 0.05) is 12.7 Å². The Morgan fingerprint density at radius 1 is 1.14 bits per heavy atom. The van der Waals surface area contributed by atoms with Crippen molar-refractivity contribution in [1.82, 2.24) is 9.78 Å². The van der Waals surface area contributed by atoms with Crippen molar-refractivity contribution in [2.45, 2.75) is 52.0 Å². The summed E-state index contributed by atoms with van der Waals surface area (Å²) < 4.78 is 1.86. The number of nitrogens with zero attached hydrogens (tertiary/aromatic N) is 2. The first kappa shape index (κ1) is 15.5. The van der Waals surface area contributed by atoms with Crippen LogP contribution >= 0.6 is 0 Å². The second-order valence-corrected chi connectivity index (χ2v) is 5.48. The number of hydrogen-bond donors (Lipinski definition) is 0. The van der Waals surface area contributed by atoms with E-state index in [-0.39, 0.29) is 5.78 Å². The van der Waals surface area contributed by atoms with Gasteiger partial charge in [-0.1, -0.05) is 51.1 Å². The highest BCUT2D eigenvalue weighted by Crippen LogP contribution is 2.35. The topological polar surface area (TPSA) is 34.9 Å². The number of aromatic nitrogens is 2. The minimum absolute atomic E-state index is 0.182. The van der Waals surface area contributed by atoms with E-state index in [1.807, 2.05) is 29.1 Å². The second kappa shape index (κ2) is 6.70. The van der Waals surface area contributed by atoms with Crippen molar-refractivity contribution >= 4 is 5.78 Å². The molecule has 112 valence electrons. The van der Waals surface area contributed by atoms with Crippen molar-refractivity contribution in [3.05, 3.63) is 53.9 Å². The number of Topliss-reactive ketones (excluding diaryl/α,β-unsaturated/α-hetero) is 1. The van der Waals surface area contributed by atoms with E-state index in [2.05, 4.69) is 38.0 Å². The molecule has 0 saturated carbocycles. The third-order valence-corrected chi connectivity index (χ3v) is 4.32. The summed E-state index contributed by atoms with van der Waals surface area (Å²) in [5.74, 6) is 0.182. The van der Waals surface area contributed by atoms with Crippen LogP contribution in [0.1, 0.15) is 56.0 Å². The molecule has 0 aliphatic rings. The van der Waals surface area contributed by atoms with Gasteiger partial charge in [-0.25, -0.2) is 0 Å². The lowest BCUT2D eigenvalue weighted by molar-refractivity contribution is 0.0873. The largest absolute Gasteiger partial charge is 0.293 e. The Labute approximate surface area is 127 Å². The fourth-order valence-electron chi connectivity index (χ4n) is 2.98. The van der Waals surface area contributed by atoms with E-state index in [1.54, 1.807) is 6.20 Å². The third-order valence-electron chi connectivity index (χ3n) is 4.32. The molecule has 0 unspecified atom stereocenters. The van der Waals surface area contributed by atoms with E-state index in [4.69, 9.17) is 0 Å². The molecule has 0 fully saturated rings. The Hall–Kier alpha value is -1.90. The first-order valence-corrected chi connectivity index (χ1v) is 7.80. The Balaban J connectivity index is 2.39. The van der Waals surface area contributed by atoms with Gasteiger partial charge in [-0.05, 0) is 24.8 Å². The number of ketones is 1. The number of carbonyl (C=O) groups excluding carboxylic acids is 1. The van der Waals surface area contributed by atoms with Crippen molar-refractivity contribution in [3.8, 4) is 0 Å². The van der Waals surface area contributed by atoms with E-state index in [0.29, 0.717) is 0 Å².